The number of nitrogens with zero attached hydrogens (tertiary/aromatic N) is 4. The number of ether oxygens (including phenoxy) is 3. The maximum Gasteiger partial charge on any atom is 0.288 e. The lowest BCUT2D eigenvalue weighted by Crippen LogP contribution is -2.34. The summed E-state index contributed by atoms with van der Waals surface area (Å²) in [6.45, 7) is -2.30. The average Bonchev–Trinajstić information content (AvgIpc) is 3.35. The van der Waals surface area contributed by atoms with Gasteiger partial charge in [-0.2, -0.15) is 0 Å². The van der Waals surface area contributed by atoms with Crippen LogP contribution >= 0.6 is 0 Å². The molecule has 10 heteroatoms. The van der Waals surface area contributed by atoms with Gasteiger partial charge in [0.25, 0.3) is 5.92 Å². The van der Waals surface area contributed by atoms with Gasteiger partial charge in [0.05, 0.1) is 27.0 Å². The molecule has 3 aromatic carbocycles. The Morgan fingerprint density at radius 2 is 1.40 bits per heavy atom. The summed E-state index contributed by atoms with van der Waals surface area (Å²) in [5.41, 5.74) is 1.78. The summed E-state index contributed by atoms with van der Waals surface area (Å²) < 4.78 is 47.7. The van der Waals surface area contributed by atoms with E-state index in [1.54, 1.807) is 14.2 Å². The Morgan fingerprint density at radius 1 is 0.825 bits per heavy atom. The molecule has 0 fully saturated rings. The molecule has 0 unspecified atom stereocenters. The van der Waals surface area contributed by atoms with E-state index in [0.717, 1.165) is 16.7 Å². The molecule has 2 aromatic heterocycles. The van der Waals surface area contributed by atoms with Gasteiger partial charge in [-0.25, -0.2) is 23.7 Å². The third-order valence-corrected chi connectivity index (χ3v) is 6.70. The van der Waals surface area contributed by atoms with Gasteiger partial charge < -0.3 is 23.9 Å². The van der Waals surface area contributed by atoms with Gasteiger partial charge in [0.1, 0.15) is 48.0 Å². The number of imidazole rings is 1. The molecular formula is C30H28F2N4O4. The van der Waals surface area contributed by atoms with Crippen LogP contribution < -0.4 is 9.47 Å². The van der Waals surface area contributed by atoms with Gasteiger partial charge in [-0.15, -0.1) is 0 Å². The second-order valence-corrected chi connectivity index (χ2v) is 9.15. The van der Waals surface area contributed by atoms with Crippen LogP contribution in [0.2, 0.25) is 0 Å². The maximum atomic E-state index is 14.4. The Bertz CT molecular complexity index is 1510. The van der Waals surface area contributed by atoms with Crippen LogP contribution in [-0.2, 0) is 23.5 Å². The molecule has 0 radical (unpaired) electrons. The number of aromatic nitrogens is 4. The third kappa shape index (κ3) is 5.23. The predicted octanol–water partition coefficient (Wildman–Crippen LogP) is 4.98. The lowest BCUT2D eigenvalue weighted by molar-refractivity contribution is -0.0647. The van der Waals surface area contributed by atoms with E-state index < -0.39 is 24.7 Å². The molecule has 5 aromatic rings. The van der Waals surface area contributed by atoms with Crippen molar-refractivity contribution >= 4 is 11.2 Å². The topological polar surface area (TPSA) is 91.5 Å². The first-order chi connectivity index (χ1) is 19.4. The fourth-order valence-electron chi connectivity index (χ4n) is 4.73. The van der Waals surface area contributed by atoms with E-state index in [4.69, 9.17) is 14.2 Å². The highest BCUT2D eigenvalue weighted by molar-refractivity contribution is 5.70. The zero-order valence-corrected chi connectivity index (χ0v) is 22.0. The van der Waals surface area contributed by atoms with Crippen molar-refractivity contribution in [2.75, 3.05) is 20.8 Å². The number of methoxy groups -OCH3 is 2. The Hall–Kier alpha value is -4.41. The summed E-state index contributed by atoms with van der Waals surface area (Å²) in [5, 5.41) is 9.28. The van der Waals surface area contributed by atoms with E-state index in [1.807, 2.05) is 78.9 Å². The minimum Gasteiger partial charge on any atom is -0.497 e. The minimum atomic E-state index is -3.39. The number of benzene rings is 3. The molecule has 0 aliphatic heterocycles. The standard InChI is InChI=1S/C30H28F2N4O4/c1-38-24-12-8-22(9-13-24)30(21-6-4-3-5-7-21,23-10-14-25(39-2)15-11-23)40-17-27-35-26-16-33-20-34-28(26)36(27)18-29(31,32)19-37/h3-16,20,37H,17-19H2,1-2H3. The highest BCUT2D eigenvalue weighted by Gasteiger charge is 2.39. The van der Waals surface area contributed by atoms with Crippen molar-refractivity contribution in [2.24, 2.45) is 0 Å². The van der Waals surface area contributed by atoms with E-state index in [1.165, 1.54) is 17.1 Å². The van der Waals surface area contributed by atoms with E-state index >= 15 is 0 Å². The number of hydrogen-bond donors (Lipinski definition) is 1. The number of aliphatic hydroxyl groups excluding tert-OH is 1. The molecule has 0 saturated carbocycles. The summed E-state index contributed by atoms with van der Waals surface area (Å²) >= 11 is 0. The van der Waals surface area contributed by atoms with Gasteiger partial charge in [-0.3, -0.25) is 0 Å². The van der Waals surface area contributed by atoms with Crippen molar-refractivity contribution in [2.45, 2.75) is 24.7 Å². The predicted molar refractivity (Wildman–Crippen MR) is 144 cm³/mol. The average molecular weight is 547 g/mol. The number of aliphatic hydroxyl groups is 1. The van der Waals surface area contributed by atoms with Crippen molar-refractivity contribution in [1.82, 2.24) is 19.5 Å². The zero-order valence-electron chi connectivity index (χ0n) is 22.0. The molecule has 0 amide bonds. The minimum absolute atomic E-state index is 0.162. The van der Waals surface area contributed by atoms with Crippen LogP contribution in [0.3, 0.4) is 0 Å². The smallest absolute Gasteiger partial charge is 0.288 e. The summed E-state index contributed by atoms with van der Waals surface area (Å²) in [7, 11) is 3.18. The van der Waals surface area contributed by atoms with E-state index in [9.17, 15) is 13.9 Å². The summed E-state index contributed by atoms with van der Waals surface area (Å²) in [6.07, 6.45) is 2.72. The van der Waals surface area contributed by atoms with Crippen LogP contribution in [0.25, 0.3) is 11.2 Å². The van der Waals surface area contributed by atoms with Gasteiger partial charge in [-0.05, 0) is 41.0 Å². The Morgan fingerprint density at radius 3 is 1.95 bits per heavy atom. The van der Waals surface area contributed by atoms with E-state index in [2.05, 4.69) is 15.0 Å². The molecule has 2 heterocycles. The first kappa shape index (κ1) is 27.2. The van der Waals surface area contributed by atoms with E-state index in [-0.39, 0.29) is 18.1 Å². The van der Waals surface area contributed by atoms with Gasteiger partial charge >= 0.3 is 0 Å². The molecule has 206 valence electrons. The monoisotopic (exact) mass is 546 g/mol. The van der Waals surface area contributed by atoms with E-state index in [0.29, 0.717) is 17.0 Å². The van der Waals surface area contributed by atoms with Crippen LogP contribution in [0.15, 0.2) is 91.4 Å². The highest BCUT2D eigenvalue weighted by Crippen LogP contribution is 2.42. The van der Waals surface area contributed by atoms with Crippen LogP contribution in [-0.4, -0.2) is 51.4 Å². The maximum absolute atomic E-state index is 14.4. The lowest BCUT2D eigenvalue weighted by atomic mass is 9.80. The van der Waals surface area contributed by atoms with Crippen molar-refractivity contribution in [3.8, 4) is 11.5 Å². The van der Waals surface area contributed by atoms with Crippen molar-refractivity contribution in [3.05, 3.63) is 114 Å². The third-order valence-electron chi connectivity index (χ3n) is 6.70. The molecule has 0 saturated heterocycles. The molecule has 0 atom stereocenters. The highest BCUT2D eigenvalue weighted by atomic mass is 19.3. The molecule has 0 aliphatic rings. The normalized spacial score (nSPS) is 12.0. The Balaban J connectivity index is 1.68. The fraction of sp³-hybridized carbons (Fsp3) is 0.233. The van der Waals surface area contributed by atoms with Gasteiger partial charge in [0.15, 0.2) is 5.65 Å². The fourth-order valence-corrected chi connectivity index (χ4v) is 4.73. The molecule has 0 bridgehead atoms. The zero-order chi connectivity index (χ0) is 28.2. The first-order valence-electron chi connectivity index (χ1n) is 12.5. The Kier molecular flexibility index (Phi) is 7.72. The summed E-state index contributed by atoms with van der Waals surface area (Å²) in [4.78, 5) is 12.7. The molecule has 8 nitrogen and oxygen atoms in total. The number of fused-ring (bicyclic) bond motifs is 1. The molecular weight excluding hydrogens is 518 g/mol. The second-order valence-electron chi connectivity index (χ2n) is 9.15. The molecule has 0 spiro atoms. The number of hydrogen-bond acceptors (Lipinski definition) is 7. The van der Waals surface area contributed by atoms with Crippen molar-refractivity contribution in [1.29, 1.82) is 0 Å². The first-order valence-corrected chi connectivity index (χ1v) is 12.5. The molecule has 1 N–H and O–H groups in total. The van der Waals surface area contributed by atoms with Crippen LogP contribution in [0, 0.1) is 0 Å². The Labute approximate surface area is 229 Å². The van der Waals surface area contributed by atoms with Crippen LogP contribution in [0.4, 0.5) is 8.78 Å². The number of rotatable bonds is 11. The summed E-state index contributed by atoms with van der Waals surface area (Å²) in [6, 6.07) is 24.6. The summed E-state index contributed by atoms with van der Waals surface area (Å²) in [5.74, 6) is -1.83. The molecule has 40 heavy (non-hydrogen) atoms. The quantitative estimate of drug-likeness (QED) is 0.234. The second kappa shape index (κ2) is 11.4. The largest absolute Gasteiger partial charge is 0.497 e. The number of halogens is 2. The van der Waals surface area contributed by atoms with Gasteiger partial charge in [0.2, 0.25) is 0 Å². The van der Waals surface area contributed by atoms with Crippen LogP contribution in [0.5, 0.6) is 11.5 Å². The van der Waals surface area contributed by atoms with Crippen molar-refractivity contribution in [3.63, 3.8) is 0 Å². The SMILES string of the molecule is COc1ccc(C(OCc2nc3cncnc3n2CC(F)(F)CO)(c2ccccc2)c2ccc(OC)cc2)cc1. The van der Waals surface area contributed by atoms with Gasteiger partial charge in [-0.1, -0.05) is 54.6 Å². The molecule has 0 aliphatic carbocycles. The molecule has 5 rings (SSSR count). The lowest BCUT2D eigenvalue weighted by Gasteiger charge is -2.36. The van der Waals surface area contributed by atoms with Gasteiger partial charge in [0, 0.05) is 0 Å². The van der Waals surface area contributed by atoms with Crippen molar-refractivity contribution < 1.29 is 28.1 Å². The number of alkyl halides is 2. The van der Waals surface area contributed by atoms with Crippen LogP contribution in [0.1, 0.15) is 22.5 Å².